The summed E-state index contributed by atoms with van der Waals surface area (Å²) in [7, 11) is 5.50. The summed E-state index contributed by atoms with van der Waals surface area (Å²) in [4.78, 5) is 25.2. The molecule has 23 heavy (non-hydrogen) atoms. The maximum Gasteiger partial charge on any atom is 0.276 e. The number of hydrogen-bond acceptors (Lipinski definition) is 5. The Bertz CT molecular complexity index is 616. The van der Waals surface area contributed by atoms with Gasteiger partial charge < -0.3 is 15.0 Å². The average Bonchev–Trinajstić information content (AvgIpc) is 2.95. The van der Waals surface area contributed by atoms with E-state index in [1.165, 1.54) is 13.2 Å². The average molecular weight is 321 g/mol. The van der Waals surface area contributed by atoms with Crippen LogP contribution in [-0.2, 0) is 0 Å². The molecular weight excluding hydrogens is 298 g/mol. The quantitative estimate of drug-likeness (QED) is 0.663. The fraction of sp³-hybridized carbons (Fsp3) is 0.562. The van der Waals surface area contributed by atoms with Gasteiger partial charge in [0.05, 0.1) is 17.6 Å². The second kappa shape index (κ2) is 6.95. The molecular formula is C16H23N3O4. The van der Waals surface area contributed by atoms with Gasteiger partial charge in [0.1, 0.15) is 5.75 Å². The summed E-state index contributed by atoms with van der Waals surface area (Å²) in [6, 6.07) is 3.42. The monoisotopic (exact) mass is 321 g/mol. The zero-order valence-corrected chi connectivity index (χ0v) is 14.0. The summed E-state index contributed by atoms with van der Waals surface area (Å²) >= 11 is 0. The van der Waals surface area contributed by atoms with Gasteiger partial charge in [0.25, 0.3) is 11.6 Å². The van der Waals surface area contributed by atoms with Crippen molar-refractivity contribution >= 4 is 11.6 Å². The molecule has 2 unspecified atom stereocenters. The van der Waals surface area contributed by atoms with Gasteiger partial charge in [-0.2, -0.15) is 0 Å². The first-order chi connectivity index (χ1) is 10.8. The third-order valence-electron chi connectivity index (χ3n) is 4.48. The van der Waals surface area contributed by atoms with Crippen LogP contribution < -0.4 is 10.1 Å². The van der Waals surface area contributed by atoms with Crippen LogP contribution in [0.1, 0.15) is 35.2 Å². The lowest BCUT2D eigenvalue weighted by atomic mass is 10.1. The molecule has 1 aliphatic carbocycles. The van der Waals surface area contributed by atoms with Gasteiger partial charge in [0.2, 0.25) is 0 Å². The topological polar surface area (TPSA) is 84.7 Å². The van der Waals surface area contributed by atoms with Gasteiger partial charge in [0, 0.05) is 23.7 Å². The van der Waals surface area contributed by atoms with E-state index in [4.69, 9.17) is 4.74 Å². The van der Waals surface area contributed by atoms with Crippen molar-refractivity contribution in [3.05, 3.63) is 33.4 Å². The van der Waals surface area contributed by atoms with Crippen molar-refractivity contribution in [3.63, 3.8) is 0 Å². The van der Waals surface area contributed by atoms with Crippen LogP contribution in [0.15, 0.2) is 12.1 Å². The van der Waals surface area contributed by atoms with Gasteiger partial charge in [-0.25, -0.2) is 0 Å². The lowest BCUT2D eigenvalue weighted by molar-refractivity contribution is -0.385. The van der Waals surface area contributed by atoms with Gasteiger partial charge in [0.15, 0.2) is 0 Å². The first-order valence-corrected chi connectivity index (χ1v) is 7.63. The van der Waals surface area contributed by atoms with Crippen LogP contribution in [0, 0.1) is 17.0 Å². The molecule has 0 radical (unpaired) electrons. The Morgan fingerprint density at radius 2 is 2.09 bits per heavy atom. The molecule has 7 nitrogen and oxygen atoms in total. The molecule has 1 amide bonds. The van der Waals surface area contributed by atoms with Crippen LogP contribution >= 0.6 is 0 Å². The van der Waals surface area contributed by atoms with Gasteiger partial charge in [-0.05, 0) is 46.3 Å². The molecule has 1 N–H and O–H groups in total. The Hall–Kier alpha value is -2.15. The molecule has 2 atom stereocenters. The number of nitrogens with zero attached hydrogens (tertiary/aromatic N) is 2. The molecule has 0 aliphatic heterocycles. The predicted molar refractivity (Wildman–Crippen MR) is 87.0 cm³/mol. The third kappa shape index (κ3) is 3.79. The number of methoxy groups -OCH3 is 1. The molecule has 7 heteroatoms. The van der Waals surface area contributed by atoms with Crippen molar-refractivity contribution < 1.29 is 14.5 Å². The van der Waals surface area contributed by atoms with E-state index in [2.05, 4.69) is 10.2 Å². The molecule has 1 saturated carbocycles. The first-order valence-electron chi connectivity index (χ1n) is 7.63. The highest BCUT2D eigenvalue weighted by atomic mass is 16.6. The Labute approximate surface area is 135 Å². The number of hydrogen-bond donors (Lipinski definition) is 1. The highest BCUT2D eigenvalue weighted by Gasteiger charge is 2.28. The molecule has 0 bridgehead atoms. The van der Waals surface area contributed by atoms with Gasteiger partial charge in [-0.3, -0.25) is 14.9 Å². The molecule has 0 spiro atoms. The minimum Gasteiger partial charge on any atom is -0.496 e. The maximum absolute atomic E-state index is 12.4. The summed E-state index contributed by atoms with van der Waals surface area (Å²) in [5, 5.41) is 14.1. The molecule has 0 heterocycles. The van der Waals surface area contributed by atoms with Crippen LogP contribution in [0.5, 0.6) is 5.75 Å². The number of amides is 1. The number of benzene rings is 1. The third-order valence-corrected chi connectivity index (χ3v) is 4.48. The van der Waals surface area contributed by atoms with Crippen molar-refractivity contribution in [1.82, 2.24) is 10.2 Å². The summed E-state index contributed by atoms with van der Waals surface area (Å²) in [6.45, 7) is 1.61. The zero-order valence-electron chi connectivity index (χ0n) is 14.0. The first kappa shape index (κ1) is 17.2. The molecule has 1 aromatic rings. The van der Waals surface area contributed by atoms with Crippen LogP contribution in [-0.4, -0.2) is 49.0 Å². The van der Waals surface area contributed by atoms with E-state index in [9.17, 15) is 14.9 Å². The molecule has 0 aromatic heterocycles. The number of ether oxygens (including phenoxy) is 1. The number of nitrogens with one attached hydrogen (secondary N) is 1. The number of nitro benzene ring substituents is 1. The van der Waals surface area contributed by atoms with E-state index in [1.807, 2.05) is 14.1 Å². The van der Waals surface area contributed by atoms with E-state index in [0.717, 1.165) is 19.3 Å². The highest BCUT2D eigenvalue weighted by molar-refractivity contribution is 5.95. The second-order valence-electron chi connectivity index (χ2n) is 6.18. The van der Waals surface area contributed by atoms with Crippen molar-refractivity contribution in [2.45, 2.75) is 38.3 Å². The summed E-state index contributed by atoms with van der Waals surface area (Å²) in [5.74, 6) is 0.0535. The Morgan fingerprint density at radius 1 is 1.39 bits per heavy atom. The SMILES string of the molecule is COc1cc(C(=O)NC2CCC(N(C)C)C2)cc([N+](=O)[O-])c1C. The van der Waals surface area contributed by atoms with E-state index in [1.54, 1.807) is 13.0 Å². The van der Waals surface area contributed by atoms with Crippen molar-refractivity contribution in [1.29, 1.82) is 0 Å². The van der Waals surface area contributed by atoms with Crippen molar-refractivity contribution in [2.24, 2.45) is 0 Å². The maximum atomic E-state index is 12.4. The van der Waals surface area contributed by atoms with Crippen LogP contribution in [0.3, 0.4) is 0 Å². The minimum atomic E-state index is -0.494. The minimum absolute atomic E-state index is 0.0984. The largest absolute Gasteiger partial charge is 0.496 e. The molecule has 2 rings (SSSR count). The van der Waals surface area contributed by atoms with Gasteiger partial charge >= 0.3 is 0 Å². The fourth-order valence-corrected chi connectivity index (χ4v) is 3.03. The normalized spacial score (nSPS) is 20.6. The molecule has 1 fully saturated rings. The Morgan fingerprint density at radius 3 is 2.61 bits per heavy atom. The van der Waals surface area contributed by atoms with Crippen LogP contribution in [0.4, 0.5) is 5.69 Å². The summed E-state index contributed by atoms with van der Waals surface area (Å²) in [5.41, 5.74) is 0.571. The Kier molecular flexibility index (Phi) is 5.20. The lowest BCUT2D eigenvalue weighted by Gasteiger charge is -2.19. The van der Waals surface area contributed by atoms with Crippen LogP contribution in [0.2, 0.25) is 0 Å². The number of nitro groups is 1. The molecule has 1 aliphatic rings. The Balaban J connectivity index is 2.16. The van der Waals surface area contributed by atoms with E-state index in [0.29, 0.717) is 17.4 Å². The highest BCUT2D eigenvalue weighted by Crippen LogP contribution is 2.30. The zero-order chi connectivity index (χ0) is 17.1. The predicted octanol–water partition coefficient (Wildman–Crippen LogP) is 2.12. The number of rotatable bonds is 5. The van der Waals surface area contributed by atoms with E-state index in [-0.39, 0.29) is 23.2 Å². The lowest BCUT2D eigenvalue weighted by Crippen LogP contribution is -2.35. The van der Waals surface area contributed by atoms with E-state index >= 15 is 0 Å². The molecule has 0 saturated heterocycles. The van der Waals surface area contributed by atoms with Crippen molar-refractivity contribution in [3.8, 4) is 5.75 Å². The second-order valence-corrected chi connectivity index (χ2v) is 6.18. The summed E-state index contributed by atoms with van der Waals surface area (Å²) in [6.07, 6.45) is 2.85. The number of carbonyl (C=O) groups excluding carboxylic acids is 1. The number of carbonyl (C=O) groups is 1. The molecule has 1 aromatic carbocycles. The van der Waals surface area contributed by atoms with Crippen molar-refractivity contribution in [2.75, 3.05) is 21.2 Å². The standard InChI is InChI=1S/C16H23N3O4/c1-10-14(19(21)22)7-11(8-15(10)23-4)16(20)17-12-5-6-13(9-12)18(2)3/h7-8,12-13H,5-6,9H2,1-4H3,(H,17,20). The summed E-state index contributed by atoms with van der Waals surface area (Å²) < 4.78 is 5.15. The fourth-order valence-electron chi connectivity index (χ4n) is 3.03. The molecule has 126 valence electrons. The van der Waals surface area contributed by atoms with Gasteiger partial charge in [-0.1, -0.05) is 0 Å². The van der Waals surface area contributed by atoms with Gasteiger partial charge in [-0.15, -0.1) is 0 Å². The smallest absolute Gasteiger partial charge is 0.276 e. The van der Waals surface area contributed by atoms with Crippen LogP contribution in [0.25, 0.3) is 0 Å². The van der Waals surface area contributed by atoms with E-state index < -0.39 is 4.92 Å².